The molecule has 1 N–H and O–H groups in total. The molecule has 2 aromatic rings. The van der Waals surface area contributed by atoms with E-state index in [1.54, 1.807) is 6.20 Å². The van der Waals surface area contributed by atoms with E-state index in [1.165, 1.54) is 7.11 Å². The van der Waals surface area contributed by atoms with Crippen molar-refractivity contribution in [1.29, 1.82) is 0 Å². The average molecular weight is 202 g/mol. The van der Waals surface area contributed by atoms with Gasteiger partial charge in [-0.15, -0.1) is 0 Å². The highest BCUT2D eigenvalue weighted by Gasteiger charge is 2.04. The summed E-state index contributed by atoms with van der Waals surface area (Å²) in [7, 11) is 1.42. The minimum absolute atomic E-state index is 0.0800. The number of rotatable bonds is 2. The second kappa shape index (κ2) is 3.96. The molecule has 0 spiro atoms. The van der Waals surface area contributed by atoms with Crippen LogP contribution in [0.25, 0.3) is 11.3 Å². The summed E-state index contributed by atoms with van der Waals surface area (Å²) in [6.45, 7) is 0. The molecular formula is C11H10N2O2. The number of methoxy groups -OCH3 is 1. The van der Waals surface area contributed by atoms with E-state index in [1.807, 2.05) is 30.3 Å². The third-order valence-corrected chi connectivity index (χ3v) is 2.02. The van der Waals surface area contributed by atoms with Gasteiger partial charge in [0, 0.05) is 11.8 Å². The number of ether oxygens (including phenoxy) is 1. The Balaban J connectivity index is 2.51. The van der Waals surface area contributed by atoms with Gasteiger partial charge >= 0.3 is 5.56 Å². The zero-order valence-corrected chi connectivity index (χ0v) is 8.23. The molecule has 0 radical (unpaired) electrons. The van der Waals surface area contributed by atoms with Crippen LogP contribution in [0.15, 0.2) is 41.3 Å². The molecule has 4 nitrogen and oxygen atoms in total. The molecule has 0 unspecified atom stereocenters. The number of aromatic nitrogens is 2. The van der Waals surface area contributed by atoms with Crippen LogP contribution in [0, 0.1) is 0 Å². The molecule has 0 amide bonds. The minimum atomic E-state index is -0.322. The molecule has 0 aliphatic heterocycles. The van der Waals surface area contributed by atoms with Gasteiger partial charge in [-0.05, 0) is 0 Å². The maximum absolute atomic E-state index is 11.2. The Kier molecular flexibility index (Phi) is 2.49. The van der Waals surface area contributed by atoms with Crippen molar-refractivity contribution in [2.24, 2.45) is 0 Å². The molecule has 1 aromatic carbocycles. The van der Waals surface area contributed by atoms with Gasteiger partial charge in [0.15, 0.2) is 0 Å². The van der Waals surface area contributed by atoms with E-state index in [9.17, 15) is 4.79 Å². The lowest BCUT2D eigenvalue weighted by Gasteiger charge is -2.02. The van der Waals surface area contributed by atoms with Crippen molar-refractivity contribution < 1.29 is 4.74 Å². The van der Waals surface area contributed by atoms with Crippen LogP contribution in [-0.2, 0) is 0 Å². The first-order valence-electron chi connectivity index (χ1n) is 4.50. The zero-order chi connectivity index (χ0) is 10.7. The summed E-state index contributed by atoms with van der Waals surface area (Å²) in [5.41, 5.74) is 1.30. The maximum atomic E-state index is 11.2. The molecule has 0 atom stereocenters. The predicted octanol–water partition coefficient (Wildman–Crippen LogP) is 1.45. The number of nitrogens with one attached hydrogen (secondary N) is 1. The first-order chi connectivity index (χ1) is 7.31. The van der Waals surface area contributed by atoms with Crippen LogP contribution in [0.1, 0.15) is 0 Å². The maximum Gasteiger partial charge on any atom is 0.310 e. The summed E-state index contributed by atoms with van der Waals surface area (Å²) in [5, 5.41) is 0. The standard InChI is InChI=1S/C11H10N2O2/c1-15-11-10(14)12-7-9(13-11)8-5-3-2-4-6-8/h2-7H,1H3,(H,12,14). The Labute approximate surface area is 86.6 Å². The highest BCUT2D eigenvalue weighted by molar-refractivity contribution is 5.57. The van der Waals surface area contributed by atoms with Crippen LogP contribution in [0.2, 0.25) is 0 Å². The third-order valence-electron chi connectivity index (χ3n) is 2.02. The Morgan fingerprint density at radius 2 is 2.00 bits per heavy atom. The smallest absolute Gasteiger partial charge is 0.310 e. The van der Waals surface area contributed by atoms with Crippen molar-refractivity contribution in [2.75, 3.05) is 7.11 Å². The molecule has 4 heteroatoms. The molecule has 0 bridgehead atoms. The number of aromatic amines is 1. The van der Waals surface area contributed by atoms with Gasteiger partial charge in [-0.1, -0.05) is 30.3 Å². The highest BCUT2D eigenvalue weighted by atomic mass is 16.5. The third kappa shape index (κ3) is 1.88. The summed E-state index contributed by atoms with van der Waals surface area (Å²) in [6, 6.07) is 9.58. The predicted molar refractivity (Wildman–Crippen MR) is 56.8 cm³/mol. The number of hydrogen-bond donors (Lipinski definition) is 1. The van der Waals surface area contributed by atoms with Crippen molar-refractivity contribution in [1.82, 2.24) is 9.97 Å². The molecule has 0 saturated heterocycles. The van der Waals surface area contributed by atoms with Crippen LogP contribution < -0.4 is 10.3 Å². The quantitative estimate of drug-likeness (QED) is 0.801. The molecule has 0 aliphatic carbocycles. The topological polar surface area (TPSA) is 55.0 Å². The van der Waals surface area contributed by atoms with E-state index in [-0.39, 0.29) is 11.4 Å². The van der Waals surface area contributed by atoms with E-state index in [0.717, 1.165) is 5.56 Å². The van der Waals surface area contributed by atoms with Crippen LogP contribution in [-0.4, -0.2) is 17.1 Å². The van der Waals surface area contributed by atoms with Crippen molar-refractivity contribution in [3.05, 3.63) is 46.9 Å². The largest absolute Gasteiger partial charge is 0.477 e. The van der Waals surface area contributed by atoms with Gasteiger partial charge in [-0.2, -0.15) is 0 Å². The van der Waals surface area contributed by atoms with Crippen molar-refractivity contribution in [2.45, 2.75) is 0 Å². The monoisotopic (exact) mass is 202 g/mol. The zero-order valence-electron chi connectivity index (χ0n) is 8.23. The molecule has 15 heavy (non-hydrogen) atoms. The van der Waals surface area contributed by atoms with Gasteiger partial charge < -0.3 is 9.72 Å². The number of H-pyrrole nitrogens is 1. The number of hydrogen-bond acceptors (Lipinski definition) is 3. The van der Waals surface area contributed by atoms with Crippen molar-refractivity contribution in [3.8, 4) is 17.1 Å². The summed E-state index contributed by atoms with van der Waals surface area (Å²) in [6.07, 6.45) is 1.57. The summed E-state index contributed by atoms with van der Waals surface area (Å²) >= 11 is 0. The summed E-state index contributed by atoms with van der Waals surface area (Å²) in [4.78, 5) is 17.9. The Bertz CT molecular complexity index is 505. The average Bonchev–Trinajstić information content (AvgIpc) is 2.31. The van der Waals surface area contributed by atoms with E-state index in [0.29, 0.717) is 5.69 Å². The van der Waals surface area contributed by atoms with Crippen molar-refractivity contribution in [3.63, 3.8) is 0 Å². The van der Waals surface area contributed by atoms with Gasteiger partial charge in [0.25, 0.3) is 5.88 Å². The highest BCUT2D eigenvalue weighted by Crippen LogP contribution is 2.15. The number of benzene rings is 1. The molecule has 0 saturated carbocycles. The molecule has 0 fully saturated rings. The van der Waals surface area contributed by atoms with Crippen LogP contribution >= 0.6 is 0 Å². The lowest BCUT2D eigenvalue weighted by molar-refractivity contribution is 0.391. The van der Waals surface area contributed by atoms with Crippen LogP contribution in [0.4, 0.5) is 0 Å². The van der Waals surface area contributed by atoms with Gasteiger partial charge in [0.1, 0.15) is 0 Å². The van der Waals surface area contributed by atoms with E-state index < -0.39 is 0 Å². The van der Waals surface area contributed by atoms with Crippen LogP contribution in [0.3, 0.4) is 0 Å². The summed E-state index contributed by atoms with van der Waals surface area (Å²) < 4.78 is 4.85. The van der Waals surface area contributed by atoms with Crippen molar-refractivity contribution >= 4 is 0 Å². The summed E-state index contributed by atoms with van der Waals surface area (Å²) in [5.74, 6) is 0.0800. The van der Waals surface area contributed by atoms with E-state index >= 15 is 0 Å². The molecule has 1 heterocycles. The molecular weight excluding hydrogens is 192 g/mol. The van der Waals surface area contributed by atoms with Gasteiger partial charge in [-0.3, -0.25) is 4.79 Å². The molecule has 0 aliphatic rings. The normalized spacial score (nSPS) is 9.93. The van der Waals surface area contributed by atoms with Crippen LogP contribution in [0.5, 0.6) is 5.88 Å². The fourth-order valence-corrected chi connectivity index (χ4v) is 1.28. The first kappa shape index (κ1) is 9.45. The minimum Gasteiger partial charge on any atom is -0.477 e. The fourth-order valence-electron chi connectivity index (χ4n) is 1.28. The van der Waals surface area contributed by atoms with Gasteiger partial charge in [0.2, 0.25) is 0 Å². The number of nitrogens with zero attached hydrogens (tertiary/aromatic N) is 1. The fraction of sp³-hybridized carbons (Fsp3) is 0.0909. The van der Waals surface area contributed by atoms with Gasteiger partial charge in [-0.25, -0.2) is 4.98 Å². The van der Waals surface area contributed by atoms with Gasteiger partial charge in [0.05, 0.1) is 12.8 Å². The Morgan fingerprint density at radius 1 is 1.27 bits per heavy atom. The van der Waals surface area contributed by atoms with E-state index in [4.69, 9.17) is 4.74 Å². The molecule has 1 aromatic heterocycles. The first-order valence-corrected chi connectivity index (χ1v) is 4.50. The Morgan fingerprint density at radius 3 is 2.67 bits per heavy atom. The Hall–Kier alpha value is -2.10. The van der Waals surface area contributed by atoms with E-state index in [2.05, 4.69) is 9.97 Å². The molecule has 2 rings (SSSR count). The molecule has 76 valence electrons. The second-order valence-corrected chi connectivity index (χ2v) is 2.99. The second-order valence-electron chi connectivity index (χ2n) is 2.99. The lowest BCUT2D eigenvalue weighted by atomic mass is 10.2. The SMILES string of the molecule is COc1nc(-c2ccccc2)c[nH]c1=O. The lowest BCUT2D eigenvalue weighted by Crippen LogP contribution is -2.11.